The Morgan fingerprint density at radius 2 is 2.11 bits per heavy atom. The van der Waals surface area contributed by atoms with Gasteiger partial charge >= 0.3 is 0 Å². The molecule has 0 radical (unpaired) electrons. The van der Waals surface area contributed by atoms with Crippen LogP contribution >= 0.6 is 11.3 Å². The van der Waals surface area contributed by atoms with Gasteiger partial charge in [0.25, 0.3) is 10.0 Å². The molecule has 0 amide bonds. The van der Waals surface area contributed by atoms with Gasteiger partial charge in [-0.25, -0.2) is 18.2 Å². The highest BCUT2D eigenvalue weighted by molar-refractivity contribution is 7.93. The van der Waals surface area contributed by atoms with Crippen LogP contribution in [0.3, 0.4) is 0 Å². The maximum Gasteiger partial charge on any atom is 0.265 e. The van der Waals surface area contributed by atoms with Gasteiger partial charge in [-0.05, 0) is 13.0 Å². The van der Waals surface area contributed by atoms with Gasteiger partial charge in [-0.3, -0.25) is 0 Å². The first kappa shape index (κ1) is 12.1. The molecule has 6 nitrogen and oxygen atoms in total. The van der Waals surface area contributed by atoms with Gasteiger partial charge in [0.2, 0.25) is 5.95 Å². The molecule has 0 saturated heterocycles. The lowest BCUT2D eigenvalue weighted by Crippen LogP contribution is -2.14. The fraction of sp³-hybridized carbons (Fsp3) is 0.0909. The summed E-state index contributed by atoms with van der Waals surface area (Å²) in [5.74, 6) is 0.106. The number of benzene rings is 1. The Bertz CT molecular complexity index is 822. The number of hydrogen-bond donors (Lipinski definition) is 2. The smallest absolute Gasteiger partial charge is 0.248 e. The lowest BCUT2D eigenvalue weighted by Gasteiger charge is -2.05. The number of H-pyrrole nitrogens is 1. The third kappa shape index (κ3) is 2.08. The fourth-order valence-electron chi connectivity index (χ4n) is 1.91. The molecular weight excluding hydrogens is 284 g/mol. The van der Waals surface area contributed by atoms with Gasteiger partial charge in [-0.2, -0.15) is 10.1 Å². The van der Waals surface area contributed by atoms with Crippen LogP contribution in [0.4, 0.5) is 5.95 Å². The highest BCUT2D eigenvalue weighted by atomic mass is 32.2. The highest BCUT2D eigenvalue weighted by Crippen LogP contribution is 2.34. The van der Waals surface area contributed by atoms with Crippen molar-refractivity contribution in [3.05, 3.63) is 35.5 Å². The number of rotatable bonds is 3. The van der Waals surface area contributed by atoms with E-state index in [2.05, 4.69) is 19.9 Å². The Hall–Kier alpha value is -1.93. The molecule has 3 rings (SSSR count). The molecule has 2 aromatic heterocycles. The molecule has 0 aliphatic carbocycles. The summed E-state index contributed by atoms with van der Waals surface area (Å²) >= 11 is 1.45. The second-order valence-electron chi connectivity index (χ2n) is 3.92. The molecule has 0 saturated carbocycles. The maximum atomic E-state index is 12.4. The molecular formula is C11H10N4O2S2. The maximum absolute atomic E-state index is 12.4. The number of aromatic amines is 1. The standard InChI is InChI=1S/C11H10N4O2S2/c1-7-10(8-4-2-3-5-9(8)18-7)19(16,17)15-11-12-6-13-14-11/h2-6H,1H3,(H2,12,13,14,15). The van der Waals surface area contributed by atoms with Crippen molar-refractivity contribution in [1.82, 2.24) is 15.2 Å². The molecule has 0 bridgehead atoms. The van der Waals surface area contributed by atoms with Crippen molar-refractivity contribution >= 4 is 37.4 Å². The zero-order chi connectivity index (χ0) is 13.5. The van der Waals surface area contributed by atoms with Crippen molar-refractivity contribution in [2.45, 2.75) is 11.8 Å². The van der Waals surface area contributed by atoms with Crippen LogP contribution in [-0.4, -0.2) is 23.6 Å². The summed E-state index contributed by atoms with van der Waals surface area (Å²) in [4.78, 5) is 4.81. The van der Waals surface area contributed by atoms with Gasteiger partial charge in [0, 0.05) is 15.0 Å². The average molecular weight is 294 g/mol. The first-order chi connectivity index (χ1) is 9.08. The number of thiophene rings is 1. The van der Waals surface area contributed by atoms with Gasteiger partial charge in [0.1, 0.15) is 11.2 Å². The van der Waals surface area contributed by atoms with E-state index in [9.17, 15) is 8.42 Å². The van der Waals surface area contributed by atoms with Crippen molar-refractivity contribution < 1.29 is 8.42 Å². The Morgan fingerprint density at radius 1 is 1.32 bits per heavy atom. The molecule has 1 aromatic carbocycles. The van der Waals surface area contributed by atoms with Crippen LogP contribution in [0.5, 0.6) is 0 Å². The molecule has 2 N–H and O–H groups in total. The molecule has 98 valence electrons. The number of anilines is 1. The minimum absolute atomic E-state index is 0.106. The summed E-state index contributed by atoms with van der Waals surface area (Å²) in [6.07, 6.45) is 1.25. The molecule has 3 aromatic rings. The van der Waals surface area contributed by atoms with E-state index in [-0.39, 0.29) is 5.95 Å². The predicted molar refractivity (Wildman–Crippen MR) is 73.8 cm³/mol. The predicted octanol–water partition coefficient (Wildman–Crippen LogP) is 2.13. The summed E-state index contributed by atoms with van der Waals surface area (Å²) in [7, 11) is -3.67. The van der Waals surface area contributed by atoms with E-state index in [4.69, 9.17) is 0 Å². The number of nitrogens with one attached hydrogen (secondary N) is 2. The van der Waals surface area contributed by atoms with Gasteiger partial charge in [0.15, 0.2) is 0 Å². The number of fused-ring (bicyclic) bond motifs is 1. The zero-order valence-corrected chi connectivity index (χ0v) is 11.5. The second kappa shape index (κ2) is 4.32. The van der Waals surface area contributed by atoms with Crippen molar-refractivity contribution in [2.24, 2.45) is 0 Å². The Labute approximate surface area is 113 Å². The molecule has 2 heterocycles. The largest absolute Gasteiger partial charge is 0.265 e. The van der Waals surface area contributed by atoms with Crippen molar-refractivity contribution in [1.29, 1.82) is 0 Å². The SMILES string of the molecule is Cc1sc2ccccc2c1S(=O)(=O)Nc1ncn[nH]1. The average Bonchev–Trinajstić information content (AvgIpc) is 2.94. The molecule has 0 aliphatic heterocycles. The first-order valence-electron chi connectivity index (χ1n) is 5.44. The van der Waals surface area contributed by atoms with Gasteiger partial charge in [0.05, 0.1) is 0 Å². The van der Waals surface area contributed by atoms with E-state index in [0.29, 0.717) is 4.90 Å². The first-order valence-corrected chi connectivity index (χ1v) is 7.74. The highest BCUT2D eigenvalue weighted by Gasteiger charge is 2.23. The van der Waals surface area contributed by atoms with Crippen LogP contribution in [-0.2, 0) is 10.0 Å². The zero-order valence-electron chi connectivity index (χ0n) is 9.91. The number of hydrogen-bond acceptors (Lipinski definition) is 5. The molecule has 19 heavy (non-hydrogen) atoms. The summed E-state index contributed by atoms with van der Waals surface area (Å²) in [6, 6.07) is 7.41. The third-order valence-electron chi connectivity index (χ3n) is 2.63. The van der Waals surface area contributed by atoms with Gasteiger partial charge in [-0.1, -0.05) is 18.2 Å². The summed E-state index contributed by atoms with van der Waals surface area (Å²) in [6.45, 7) is 1.79. The van der Waals surface area contributed by atoms with Crippen LogP contribution in [0.25, 0.3) is 10.1 Å². The van der Waals surface area contributed by atoms with Crippen molar-refractivity contribution in [3.8, 4) is 0 Å². The van der Waals surface area contributed by atoms with Crippen LogP contribution in [0, 0.1) is 6.92 Å². The quantitative estimate of drug-likeness (QED) is 0.774. The molecule has 0 aliphatic rings. The Balaban J connectivity index is 2.15. The molecule has 8 heteroatoms. The summed E-state index contributed by atoms with van der Waals surface area (Å²) in [5, 5.41) is 6.81. The lowest BCUT2D eigenvalue weighted by molar-refractivity contribution is 0.601. The van der Waals surface area contributed by atoms with Gasteiger partial charge in [-0.15, -0.1) is 11.3 Å². The minimum Gasteiger partial charge on any atom is -0.248 e. The monoisotopic (exact) mass is 294 g/mol. The normalized spacial score (nSPS) is 11.8. The van der Waals surface area contributed by atoms with E-state index >= 15 is 0 Å². The van der Waals surface area contributed by atoms with Crippen LogP contribution in [0.2, 0.25) is 0 Å². The van der Waals surface area contributed by atoms with E-state index in [1.165, 1.54) is 17.7 Å². The lowest BCUT2D eigenvalue weighted by atomic mass is 10.2. The number of sulfonamides is 1. The molecule has 0 unspecified atom stereocenters. The Morgan fingerprint density at radius 3 is 2.84 bits per heavy atom. The number of nitrogens with zero attached hydrogens (tertiary/aromatic N) is 2. The van der Waals surface area contributed by atoms with Crippen LogP contribution < -0.4 is 4.72 Å². The van der Waals surface area contributed by atoms with Crippen molar-refractivity contribution in [2.75, 3.05) is 4.72 Å². The topological polar surface area (TPSA) is 87.7 Å². The summed E-state index contributed by atoms with van der Waals surface area (Å²) in [5.41, 5.74) is 0. The fourth-order valence-corrected chi connectivity index (χ4v) is 4.69. The second-order valence-corrected chi connectivity index (χ2v) is 6.80. The molecule has 0 atom stereocenters. The van der Waals surface area contributed by atoms with E-state index in [0.717, 1.165) is 15.0 Å². The summed E-state index contributed by atoms with van der Waals surface area (Å²) < 4.78 is 28.1. The molecule has 0 fully saturated rings. The minimum atomic E-state index is -3.67. The number of aromatic nitrogens is 3. The van der Waals surface area contributed by atoms with E-state index < -0.39 is 10.0 Å². The molecule has 0 spiro atoms. The number of aryl methyl sites for hydroxylation is 1. The van der Waals surface area contributed by atoms with Crippen molar-refractivity contribution in [3.63, 3.8) is 0 Å². The third-order valence-corrected chi connectivity index (χ3v) is 5.37. The van der Waals surface area contributed by atoms with Crippen LogP contribution in [0.1, 0.15) is 4.88 Å². The Kier molecular flexibility index (Phi) is 2.76. The van der Waals surface area contributed by atoms with Gasteiger partial charge < -0.3 is 0 Å². The van der Waals surface area contributed by atoms with E-state index in [1.807, 2.05) is 18.2 Å². The van der Waals surface area contributed by atoms with Crippen LogP contribution in [0.15, 0.2) is 35.5 Å². The van der Waals surface area contributed by atoms with E-state index in [1.54, 1.807) is 13.0 Å².